The van der Waals surface area contributed by atoms with Gasteiger partial charge in [-0.2, -0.15) is 0 Å². The van der Waals surface area contributed by atoms with Crippen molar-refractivity contribution >= 4 is 57.1 Å². The van der Waals surface area contributed by atoms with Crippen LogP contribution in [0.2, 0.25) is 5.02 Å². The number of ether oxygens (including phenoxy) is 1. The Bertz CT molecular complexity index is 1270. The molecular weight excluding hydrogens is 510 g/mol. The van der Waals surface area contributed by atoms with E-state index in [0.29, 0.717) is 23.9 Å². The number of hydrogen-bond donors (Lipinski definition) is 1. The van der Waals surface area contributed by atoms with Gasteiger partial charge in [-0.25, -0.2) is 9.69 Å². The number of anilines is 1. The minimum absolute atomic E-state index is 0.153. The fourth-order valence-electron chi connectivity index (χ4n) is 3.32. The van der Waals surface area contributed by atoms with Crippen molar-refractivity contribution in [1.82, 2.24) is 9.88 Å². The first-order valence-electron chi connectivity index (χ1n) is 10.0. The molecular formula is C24H19BrClN3O4. The molecule has 4 amide bonds. The van der Waals surface area contributed by atoms with Gasteiger partial charge >= 0.3 is 6.03 Å². The Hall–Kier alpha value is -3.36. The van der Waals surface area contributed by atoms with Gasteiger partial charge < -0.3 is 9.30 Å². The Morgan fingerprint density at radius 3 is 2.58 bits per heavy atom. The molecule has 0 radical (unpaired) electrons. The highest BCUT2D eigenvalue weighted by Gasteiger charge is 2.37. The van der Waals surface area contributed by atoms with Crippen LogP contribution in [0.4, 0.5) is 10.5 Å². The van der Waals surface area contributed by atoms with Crippen molar-refractivity contribution in [2.24, 2.45) is 0 Å². The van der Waals surface area contributed by atoms with E-state index in [4.69, 9.17) is 16.3 Å². The molecule has 1 aliphatic heterocycles. The maximum atomic E-state index is 13.1. The molecule has 9 heteroatoms. The van der Waals surface area contributed by atoms with E-state index in [0.717, 1.165) is 20.7 Å². The predicted octanol–water partition coefficient (Wildman–Crippen LogP) is 4.96. The quantitative estimate of drug-likeness (QED) is 0.362. The van der Waals surface area contributed by atoms with Gasteiger partial charge in [-0.3, -0.25) is 14.9 Å². The number of aryl methyl sites for hydroxylation is 1. The second-order valence-electron chi connectivity index (χ2n) is 7.32. The lowest BCUT2D eigenvalue weighted by Gasteiger charge is -2.26. The molecule has 33 heavy (non-hydrogen) atoms. The molecule has 0 aliphatic carbocycles. The largest absolute Gasteiger partial charge is 0.492 e. The predicted molar refractivity (Wildman–Crippen MR) is 129 cm³/mol. The van der Waals surface area contributed by atoms with E-state index >= 15 is 0 Å². The number of benzene rings is 2. The van der Waals surface area contributed by atoms with Crippen LogP contribution in [-0.4, -0.2) is 29.0 Å². The average Bonchev–Trinajstić information content (AvgIpc) is 3.22. The van der Waals surface area contributed by atoms with Crippen molar-refractivity contribution in [2.45, 2.75) is 13.5 Å². The molecule has 0 bridgehead atoms. The molecule has 1 aromatic heterocycles. The highest BCUT2D eigenvalue weighted by Crippen LogP contribution is 2.26. The third kappa shape index (κ3) is 5.02. The molecule has 0 spiro atoms. The van der Waals surface area contributed by atoms with Crippen LogP contribution in [0.5, 0.6) is 5.75 Å². The smallest absolute Gasteiger partial charge is 0.335 e. The molecule has 3 aromatic rings. The van der Waals surface area contributed by atoms with Gasteiger partial charge in [-0.1, -0.05) is 33.6 Å². The molecule has 0 atom stereocenters. The fraction of sp³-hybridized carbons (Fsp3) is 0.125. The number of hydrogen-bond acceptors (Lipinski definition) is 4. The van der Waals surface area contributed by atoms with Crippen LogP contribution in [-0.2, 0) is 16.1 Å². The lowest BCUT2D eigenvalue weighted by Crippen LogP contribution is -2.54. The van der Waals surface area contributed by atoms with E-state index in [2.05, 4.69) is 21.2 Å². The number of aromatic nitrogens is 1. The molecule has 1 N–H and O–H groups in total. The number of carbonyl (C=O) groups excluding carboxylic acids is 3. The molecule has 0 unspecified atom stereocenters. The molecule has 2 aromatic carbocycles. The second-order valence-corrected chi connectivity index (χ2v) is 8.64. The van der Waals surface area contributed by atoms with Crippen molar-refractivity contribution in [2.75, 3.05) is 11.5 Å². The van der Waals surface area contributed by atoms with Gasteiger partial charge in [-0.05, 0) is 67.1 Å². The summed E-state index contributed by atoms with van der Waals surface area (Å²) >= 11 is 9.54. The van der Waals surface area contributed by atoms with Crippen LogP contribution >= 0.6 is 27.5 Å². The zero-order valence-electron chi connectivity index (χ0n) is 17.5. The van der Waals surface area contributed by atoms with E-state index in [1.807, 2.05) is 42.0 Å². The summed E-state index contributed by atoms with van der Waals surface area (Å²) in [6.45, 7) is 2.70. The summed E-state index contributed by atoms with van der Waals surface area (Å²) in [5, 5.41) is 2.63. The van der Waals surface area contributed by atoms with Crippen LogP contribution < -0.4 is 15.0 Å². The lowest BCUT2D eigenvalue weighted by atomic mass is 10.1. The van der Waals surface area contributed by atoms with Gasteiger partial charge in [0.1, 0.15) is 17.9 Å². The van der Waals surface area contributed by atoms with Crippen LogP contribution in [0.15, 0.2) is 70.8 Å². The minimum Gasteiger partial charge on any atom is -0.492 e. The third-order valence-electron chi connectivity index (χ3n) is 5.09. The average molecular weight is 529 g/mol. The number of halogens is 2. The minimum atomic E-state index is -0.819. The number of imide groups is 2. The number of barbiturate groups is 1. The summed E-state index contributed by atoms with van der Waals surface area (Å²) in [5.41, 5.74) is 1.56. The Morgan fingerprint density at radius 2 is 1.85 bits per heavy atom. The van der Waals surface area contributed by atoms with Crippen molar-refractivity contribution in [3.05, 3.63) is 87.1 Å². The Balaban J connectivity index is 1.54. The summed E-state index contributed by atoms with van der Waals surface area (Å²) < 4.78 is 8.58. The standard InChI is InChI=1S/C24H19BrClN3O4/c1-15-4-7-18(14-21(15)26)29-23(31)20(22(30)27-24(29)32)13-17-3-2-10-28(17)11-12-33-19-8-5-16(25)6-9-19/h2-10,13-14H,11-12H2,1H3,(H,27,30,32). The highest BCUT2D eigenvalue weighted by molar-refractivity contribution is 9.10. The molecule has 168 valence electrons. The Morgan fingerprint density at radius 1 is 1.09 bits per heavy atom. The van der Waals surface area contributed by atoms with Crippen LogP contribution in [0, 0.1) is 6.92 Å². The normalized spacial score (nSPS) is 15.2. The van der Waals surface area contributed by atoms with E-state index in [1.54, 1.807) is 24.3 Å². The van der Waals surface area contributed by atoms with Crippen LogP contribution in [0.3, 0.4) is 0 Å². The summed E-state index contributed by atoms with van der Waals surface area (Å²) in [5.74, 6) is -0.737. The first kappa shape index (κ1) is 22.8. The van der Waals surface area contributed by atoms with Crippen LogP contribution in [0.1, 0.15) is 11.3 Å². The van der Waals surface area contributed by atoms with Crippen molar-refractivity contribution in [3.8, 4) is 5.75 Å². The number of rotatable bonds is 6. The monoisotopic (exact) mass is 527 g/mol. The molecule has 2 heterocycles. The van der Waals surface area contributed by atoms with Gasteiger partial charge in [0, 0.05) is 21.4 Å². The maximum Gasteiger partial charge on any atom is 0.335 e. The van der Waals surface area contributed by atoms with Gasteiger partial charge in [0.05, 0.1) is 12.2 Å². The van der Waals surface area contributed by atoms with Gasteiger partial charge in [0.2, 0.25) is 0 Å². The van der Waals surface area contributed by atoms with E-state index in [1.165, 1.54) is 12.1 Å². The topological polar surface area (TPSA) is 80.6 Å². The Labute approximate surface area is 203 Å². The zero-order chi connectivity index (χ0) is 23.5. The number of nitrogens with zero attached hydrogens (tertiary/aromatic N) is 2. The van der Waals surface area contributed by atoms with Crippen molar-refractivity contribution in [3.63, 3.8) is 0 Å². The van der Waals surface area contributed by atoms with E-state index < -0.39 is 17.8 Å². The third-order valence-corrected chi connectivity index (χ3v) is 6.02. The first-order valence-corrected chi connectivity index (χ1v) is 11.2. The van der Waals surface area contributed by atoms with Gasteiger partial charge in [0.15, 0.2) is 0 Å². The molecule has 7 nitrogen and oxygen atoms in total. The van der Waals surface area contributed by atoms with Crippen molar-refractivity contribution < 1.29 is 19.1 Å². The zero-order valence-corrected chi connectivity index (χ0v) is 19.9. The maximum absolute atomic E-state index is 13.1. The number of carbonyl (C=O) groups is 3. The van der Waals surface area contributed by atoms with Gasteiger partial charge in [0.25, 0.3) is 11.8 Å². The fourth-order valence-corrected chi connectivity index (χ4v) is 3.75. The van der Waals surface area contributed by atoms with Crippen molar-refractivity contribution in [1.29, 1.82) is 0 Å². The Kier molecular flexibility index (Phi) is 6.67. The molecule has 4 rings (SSSR count). The summed E-state index contributed by atoms with van der Waals surface area (Å²) in [4.78, 5) is 38.9. The number of nitrogens with one attached hydrogen (secondary N) is 1. The number of urea groups is 1. The lowest BCUT2D eigenvalue weighted by molar-refractivity contribution is -0.122. The van der Waals surface area contributed by atoms with Crippen LogP contribution in [0.25, 0.3) is 6.08 Å². The van der Waals surface area contributed by atoms with E-state index in [-0.39, 0.29) is 11.3 Å². The summed E-state index contributed by atoms with van der Waals surface area (Å²) in [6, 6.07) is 15.1. The van der Waals surface area contributed by atoms with E-state index in [9.17, 15) is 14.4 Å². The molecule has 0 saturated carbocycles. The van der Waals surface area contributed by atoms with Gasteiger partial charge in [-0.15, -0.1) is 0 Å². The molecule has 1 saturated heterocycles. The second kappa shape index (κ2) is 9.64. The number of amides is 4. The highest BCUT2D eigenvalue weighted by atomic mass is 79.9. The summed E-state index contributed by atoms with van der Waals surface area (Å²) in [6.07, 6.45) is 3.29. The SMILES string of the molecule is Cc1ccc(N2C(=O)NC(=O)C(=Cc3cccn3CCOc3ccc(Br)cc3)C2=O)cc1Cl. The molecule has 1 fully saturated rings. The molecule has 1 aliphatic rings. The summed E-state index contributed by atoms with van der Waals surface area (Å²) in [7, 11) is 0. The first-order chi connectivity index (χ1) is 15.8.